The fourth-order valence-electron chi connectivity index (χ4n) is 2.81. The van der Waals surface area contributed by atoms with Gasteiger partial charge < -0.3 is 10.5 Å². The van der Waals surface area contributed by atoms with E-state index in [-0.39, 0.29) is 0 Å². The van der Waals surface area contributed by atoms with Gasteiger partial charge in [0.2, 0.25) is 0 Å². The van der Waals surface area contributed by atoms with Gasteiger partial charge in [0.1, 0.15) is 24.2 Å². The van der Waals surface area contributed by atoms with Crippen molar-refractivity contribution in [2.75, 3.05) is 25.4 Å². The van der Waals surface area contributed by atoms with Crippen LogP contribution in [0.2, 0.25) is 0 Å². The van der Waals surface area contributed by atoms with Crippen LogP contribution in [0.15, 0.2) is 12.5 Å². The maximum absolute atomic E-state index is 5.97. The molecule has 2 N–H and O–H groups in total. The molecule has 0 bridgehead atoms. The standard InChI is InChI=1S/C14H21N5O/c1-10(18-5-3-4-6-18)8-20-12-7-19-13(11(12)2)14(15)16-9-17-19/h7,9-10H,3-6,8H2,1-2H3,(H2,15,16,17)/t10-/m1/s1. The van der Waals surface area contributed by atoms with Crippen LogP contribution in [-0.4, -0.2) is 45.2 Å². The number of nitrogen functional groups attached to an aromatic ring is 1. The molecule has 6 heteroatoms. The van der Waals surface area contributed by atoms with Crippen molar-refractivity contribution >= 4 is 11.3 Å². The summed E-state index contributed by atoms with van der Waals surface area (Å²) in [5.74, 6) is 1.32. The summed E-state index contributed by atoms with van der Waals surface area (Å²) in [6, 6.07) is 0.434. The number of nitrogens with zero attached hydrogens (tertiary/aromatic N) is 4. The zero-order chi connectivity index (χ0) is 14.1. The van der Waals surface area contributed by atoms with Gasteiger partial charge in [-0.15, -0.1) is 0 Å². The van der Waals surface area contributed by atoms with Crippen molar-refractivity contribution in [3.8, 4) is 5.75 Å². The lowest BCUT2D eigenvalue weighted by Crippen LogP contribution is -2.34. The van der Waals surface area contributed by atoms with Gasteiger partial charge in [0.05, 0.1) is 6.20 Å². The second kappa shape index (κ2) is 5.28. The number of rotatable bonds is 4. The Labute approximate surface area is 118 Å². The van der Waals surface area contributed by atoms with Crippen molar-refractivity contribution in [2.24, 2.45) is 0 Å². The molecule has 1 saturated heterocycles. The van der Waals surface area contributed by atoms with Crippen molar-refractivity contribution < 1.29 is 4.74 Å². The van der Waals surface area contributed by atoms with Gasteiger partial charge in [-0.05, 0) is 39.8 Å². The van der Waals surface area contributed by atoms with Crippen molar-refractivity contribution in [3.05, 3.63) is 18.1 Å². The first-order chi connectivity index (χ1) is 9.66. The maximum atomic E-state index is 5.97. The number of ether oxygens (including phenoxy) is 1. The molecule has 1 atom stereocenters. The third-order valence-electron chi connectivity index (χ3n) is 4.05. The number of likely N-dealkylation sites (tertiary alicyclic amines) is 1. The highest BCUT2D eigenvalue weighted by Crippen LogP contribution is 2.27. The molecule has 0 unspecified atom stereocenters. The monoisotopic (exact) mass is 275 g/mol. The predicted octanol–water partition coefficient (Wildman–Crippen LogP) is 1.48. The van der Waals surface area contributed by atoms with Crippen LogP contribution in [0, 0.1) is 6.92 Å². The number of hydrogen-bond acceptors (Lipinski definition) is 5. The third kappa shape index (κ3) is 2.31. The maximum Gasteiger partial charge on any atom is 0.151 e. The van der Waals surface area contributed by atoms with E-state index >= 15 is 0 Å². The Balaban J connectivity index is 1.74. The second-order valence-electron chi connectivity index (χ2n) is 5.46. The summed E-state index contributed by atoms with van der Waals surface area (Å²) in [7, 11) is 0. The van der Waals surface area contributed by atoms with Crippen LogP contribution in [0.25, 0.3) is 5.52 Å². The second-order valence-corrected chi connectivity index (χ2v) is 5.46. The summed E-state index contributed by atoms with van der Waals surface area (Å²) in [6.45, 7) is 7.25. The molecule has 1 aliphatic rings. The Morgan fingerprint density at radius 1 is 1.40 bits per heavy atom. The predicted molar refractivity (Wildman–Crippen MR) is 77.9 cm³/mol. The SMILES string of the molecule is Cc1c(OC[C@@H](C)N2CCCC2)cn2ncnc(N)c12. The molecule has 1 fully saturated rings. The molecule has 108 valence electrons. The molecule has 0 amide bonds. The van der Waals surface area contributed by atoms with Crippen LogP contribution in [0.4, 0.5) is 5.82 Å². The Morgan fingerprint density at radius 3 is 2.85 bits per heavy atom. The molecular weight excluding hydrogens is 254 g/mol. The molecule has 0 aromatic carbocycles. The van der Waals surface area contributed by atoms with Gasteiger partial charge in [0, 0.05) is 11.6 Å². The number of hydrogen-bond donors (Lipinski definition) is 1. The number of nitrogens with two attached hydrogens (primary N) is 1. The highest BCUT2D eigenvalue weighted by atomic mass is 16.5. The van der Waals surface area contributed by atoms with E-state index in [0.29, 0.717) is 18.5 Å². The van der Waals surface area contributed by atoms with E-state index in [0.717, 1.165) is 16.8 Å². The van der Waals surface area contributed by atoms with E-state index in [4.69, 9.17) is 10.5 Å². The van der Waals surface area contributed by atoms with Crippen LogP contribution in [-0.2, 0) is 0 Å². The van der Waals surface area contributed by atoms with Crippen LogP contribution < -0.4 is 10.5 Å². The summed E-state index contributed by atoms with van der Waals surface area (Å²) < 4.78 is 7.69. The lowest BCUT2D eigenvalue weighted by molar-refractivity contribution is 0.172. The number of aromatic nitrogens is 3. The van der Waals surface area contributed by atoms with Gasteiger partial charge >= 0.3 is 0 Å². The van der Waals surface area contributed by atoms with Crippen molar-refractivity contribution in [1.82, 2.24) is 19.5 Å². The molecule has 0 radical (unpaired) electrons. The van der Waals surface area contributed by atoms with E-state index in [9.17, 15) is 0 Å². The third-order valence-corrected chi connectivity index (χ3v) is 4.05. The highest BCUT2D eigenvalue weighted by Gasteiger charge is 2.19. The van der Waals surface area contributed by atoms with Gasteiger partial charge in [0.25, 0.3) is 0 Å². The van der Waals surface area contributed by atoms with Gasteiger partial charge in [-0.2, -0.15) is 5.10 Å². The molecule has 3 heterocycles. The van der Waals surface area contributed by atoms with Gasteiger partial charge in [0.15, 0.2) is 5.82 Å². The fraction of sp³-hybridized carbons (Fsp3) is 0.571. The molecule has 20 heavy (non-hydrogen) atoms. The summed E-state index contributed by atoms with van der Waals surface area (Å²) in [6.07, 6.45) is 5.93. The largest absolute Gasteiger partial charge is 0.490 e. The van der Waals surface area contributed by atoms with Crippen LogP contribution in [0.3, 0.4) is 0 Å². The van der Waals surface area contributed by atoms with Gasteiger partial charge in [-0.1, -0.05) is 0 Å². The summed E-state index contributed by atoms with van der Waals surface area (Å²) in [5.41, 5.74) is 7.72. The zero-order valence-electron chi connectivity index (χ0n) is 12.0. The molecular formula is C14H21N5O. The van der Waals surface area contributed by atoms with Crippen molar-refractivity contribution in [1.29, 1.82) is 0 Å². The minimum atomic E-state index is 0.434. The van der Waals surface area contributed by atoms with Crippen molar-refractivity contribution in [3.63, 3.8) is 0 Å². The minimum absolute atomic E-state index is 0.434. The number of aryl methyl sites for hydroxylation is 1. The normalized spacial score (nSPS) is 17.7. The summed E-state index contributed by atoms with van der Waals surface area (Å²) >= 11 is 0. The minimum Gasteiger partial charge on any atom is -0.490 e. The molecule has 2 aromatic heterocycles. The first-order valence-electron chi connectivity index (χ1n) is 7.12. The van der Waals surface area contributed by atoms with Crippen LogP contribution in [0.5, 0.6) is 5.75 Å². The van der Waals surface area contributed by atoms with Gasteiger partial charge in [-0.3, -0.25) is 4.90 Å². The molecule has 6 nitrogen and oxygen atoms in total. The Kier molecular flexibility index (Phi) is 3.48. The lowest BCUT2D eigenvalue weighted by Gasteiger charge is -2.23. The average Bonchev–Trinajstić information content (AvgIpc) is 3.05. The summed E-state index contributed by atoms with van der Waals surface area (Å²) in [4.78, 5) is 6.49. The van der Waals surface area contributed by atoms with Crippen LogP contribution in [0.1, 0.15) is 25.3 Å². The van der Waals surface area contributed by atoms with Gasteiger partial charge in [-0.25, -0.2) is 9.50 Å². The topological polar surface area (TPSA) is 68.7 Å². The fourth-order valence-corrected chi connectivity index (χ4v) is 2.81. The average molecular weight is 275 g/mol. The van der Waals surface area contributed by atoms with Crippen molar-refractivity contribution in [2.45, 2.75) is 32.7 Å². The smallest absolute Gasteiger partial charge is 0.151 e. The van der Waals surface area contributed by atoms with E-state index in [1.54, 1.807) is 4.52 Å². The first kappa shape index (κ1) is 13.2. The zero-order valence-corrected chi connectivity index (χ0v) is 12.0. The molecule has 2 aromatic rings. The van der Waals surface area contributed by atoms with Crippen LogP contribution >= 0.6 is 0 Å². The molecule has 0 saturated carbocycles. The van der Waals surface area contributed by atoms with E-state index in [1.165, 1.54) is 32.3 Å². The quantitative estimate of drug-likeness (QED) is 0.915. The van der Waals surface area contributed by atoms with E-state index in [1.807, 2.05) is 13.1 Å². The molecule has 3 rings (SSSR count). The molecule has 0 spiro atoms. The molecule has 1 aliphatic heterocycles. The Morgan fingerprint density at radius 2 is 2.15 bits per heavy atom. The van der Waals surface area contributed by atoms with E-state index in [2.05, 4.69) is 21.9 Å². The Bertz CT molecular complexity index is 603. The highest BCUT2D eigenvalue weighted by molar-refractivity contribution is 5.72. The Hall–Kier alpha value is -1.82. The number of fused-ring (bicyclic) bond motifs is 1. The number of anilines is 1. The summed E-state index contributed by atoms with van der Waals surface area (Å²) in [5, 5.41) is 4.16. The molecule has 0 aliphatic carbocycles. The first-order valence-corrected chi connectivity index (χ1v) is 7.12. The lowest BCUT2D eigenvalue weighted by atomic mass is 10.3. The van der Waals surface area contributed by atoms with E-state index < -0.39 is 0 Å².